The lowest BCUT2D eigenvalue weighted by Crippen LogP contribution is -2.02. The minimum Gasteiger partial charge on any atom is -0.374 e. The van der Waals surface area contributed by atoms with E-state index in [1.54, 1.807) is 7.11 Å². The van der Waals surface area contributed by atoms with E-state index in [1.807, 2.05) is 25.1 Å². The third-order valence-electron chi connectivity index (χ3n) is 1.77. The molecule has 0 aliphatic rings. The van der Waals surface area contributed by atoms with E-state index in [0.29, 0.717) is 0 Å². The topological polar surface area (TPSA) is 9.23 Å². The van der Waals surface area contributed by atoms with Crippen molar-refractivity contribution in [2.75, 3.05) is 7.11 Å². The number of benzene rings is 1. The maximum atomic E-state index is 5.14. The average Bonchev–Trinajstić information content (AvgIpc) is 2.17. The van der Waals surface area contributed by atoms with Gasteiger partial charge in [-0.15, -0.1) is 0 Å². The fraction of sp³-hybridized carbons (Fsp3) is 0.300. The number of halogens is 1. The minimum absolute atomic E-state index is 0.198. The maximum Gasteiger partial charge on any atom is 0.111 e. The fourth-order valence-corrected chi connectivity index (χ4v) is 1.45. The Morgan fingerprint density at radius 1 is 1.33 bits per heavy atom. The summed E-state index contributed by atoms with van der Waals surface area (Å²) >= 11 is 3.55. The average molecular weight is 228 g/mol. The fourth-order valence-electron chi connectivity index (χ4n) is 0.960. The van der Waals surface area contributed by atoms with Gasteiger partial charge in [0.05, 0.1) is 4.83 Å². The Morgan fingerprint density at radius 2 is 1.92 bits per heavy atom. The molecule has 2 heteroatoms. The summed E-state index contributed by atoms with van der Waals surface area (Å²) in [4.78, 5) is 0.198. The summed E-state index contributed by atoms with van der Waals surface area (Å²) in [6.45, 7) is 1.96. The number of hydrogen-bond acceptors (Lipinski definition) is 1. The second-order valence-electron chi connectivity index (χ2n) is 2.59. The number of alkyl halides is 1. The molecule has 0 aliphatic heterocycles. The zero-order valence-corrected chi connectivity index (χ0v) is 8.84. The Hall–Kier alpha value is -0.340. The molecule has 0 aliphatic carbocycles. The SMILES string of the molecule is CO[C](C)C(Br)c1ccccc1. The lowest BCUT2D eigenvalue weighted by atomic mass is 10.1. The molecule has 1 radical (unpaired) electrons. The molecule has 0 saturated carbocycles. The zero-order chi connectivity index (χ0) is 8.97. The van der Waals surface area contributed by atoms with Crippen LogP contribution in [-0.4, -0.2) is 7.11 Å². The molecule has 1 atom stereocenters. The predicted molar refractivity (Wildman–Crippen MR) is 54.0 cm³/mol. The molecule has 1 rings (SSSR count). The van der Waals surface area contributed by atoms with Gasteiger partial charge in [-0.1, -0.05) is 46.3 Å². The first-order chi connectivity index (χ1) is 5.75. The molecule has 1 unspecified atom stereocenters. The van der Waals surface area contributed by atoms with E-state index in [9.17, 15) is 0 Å². The van der Waals surface area contributed by atoms with Crippen molar-refractivity contribution in [2.24, 2.45) is 0 Å². The second-order valence-corrected chi connectivity index (χ2v) is 3.50. The Labute approximate surface area is 81.9 Å². The summed E-state index contributed by atoms with van der Waals surface area (Å²) in [6, 6.07) is 10.2. The van der Waals surface area contributed by atoms with Gasteiger partial charge >= 0.3 is 0 Å². The Kier molecular flexibility index (Phi) is 3.76. The highest BCUT2D eigenvalue weighted by molar-refractivity contribution is 9.09. The second kappa shape index (κ2) is 4.63. The molecular formula is C10H12BrO. The van der Waals surface area contributed by atoms with Crippen molar-refractivity contribution in [3.63, 3.8) is 0 Å². The normalized spacial score (nSPS) is 13.3. The van der Waals surface area contributed by atoms with Crippen LogP contribution in [0.15, 0.2) is 30.3 Å². The maximum absolute atomic E-state index is 5.14. The van der Waals surface area contributed by atoms with E-state index in [4.69, 9.17) is 4.74 Å². The van der Waals surface area contributed by atoms with Gasteiger partial charge in [-0.25, -0.2) is 0 Å². The lowest BCUT2D eigenvalue weighted by molar-refractivity contribution is 0.210. The molecular weight excluding hydrogens is 216 g/mol. The molecule has 65 valence electrons. The van der Waals surface area contributed by atoms with Gasteiger partial charge in [0.15, 0.2) is 0 Å². The molecule has 1 aromatic rings. The van der Waals surface area contributed by atoms with Crippen LogP contribution in [-0.2, 0) is 4.74 Å². The summed E-state index contributed by atoms with van der Waals surface area (Å²) in [6.07, 6.45) is 0.973. The van der Waals surface area contributed by atoms with Crippen LogP contribution in [0.1, 0.15) is 17.3 Å². The Bertz CT molecular complexity index is 223. The Morgan fingerprint density at radius 3 is 2.42 bits per heavy atom. The third-order valence-corrected chi connectivity index (χ3v) is 2.94. The van der Waals surface area contributed by atoms with Gasteiger partial charge in [0.2, 0.25) is 0 Å². The van der Waals surface area contributed by atoms with Crippen LogP contribution < -0.4 is 0 Å². The van der Waals surface area contributed by atoms with Crippen molar-refractivity contribution in [1.29, 1.82) is 0 Å². The number of hydrogen-bond donors (Lipinski definition) is 0. The number of rotatable bonds is 3. The van der Waals surface area contributed by atoms with Crippen LogP contribution in [0.3, 0.4) is 0 Å². The molecule has 0 aromatic heterocycles. The highest BCUT2D eigenvalue weighted by Gasteiger charge is 2.15. The van der Waals surface area contributed by atoms with E-state index < -0.39 is 0 Å². The van der Waals surface area contributed by atoms with Crippen LogP contribution in [0.4, 0.5) is 0 Å². The zero-order valence-electron chi connectivity index (χ0n) is 7.25. The lowest BCUT2D eigenvalue weighted by Gasteiger charge is -2.15. The quantitative estimate of drug-likeness (QED) is 0.721. The molecule has 12 heavy (non-hydrogen) atoms. The van der Waals surface area contributed by atoms with Crippen molar-refractivity contribution < 1.29 is 4.74 Å². The monoisotopic (exact) mass is 227 g/mol. The van der Waals surface area contributed by atoms with E-state index in [2.05, 4.69) is 28.1 Å². The van der Waals surface area contributed by atoms with Gasteiger partial charge in [0.25, 0.3) is 0 Å². The molecule has 1 nitrogen and oxygen atoms in total. The highest BCUT2D eigenvalue weighted by Crippen LogP contribution is 2.32. The number of ether oxygens (including phenoxy) is 1. The minimum atomic E-state index is 0.198. The predicted octanol–water partition coefficient (Wildman–Crippen LogP) is 3.32. The highest BCUT2D eigenvalue weighted by atomic mass is 79.9. The molecule has 0 spiro atoms. The van der Waals surface area contributed by atoms with Crippen molar-refractivity contribution in [3.05, 3.63) is 42.0 Å². The van der Waals surface area contributed by atoms with Crippen LogP contribution in [0.5, 0.6) is 0 Å². The third kappa shape index (κ3) is 2.32. The molecule has 1 aromatic carbocycles. The van der Waals surface area contributed by atoms with Crippen molar-refractivity contribution in [2.45, 2.75) is 11.8 Å². The van der Waals surface area contributed by atoms with Crippen LogP contribution in [0.2, 0.25) is 0 Å². The molecule has 0 N–H and O–H groups in total. The first-order valence-electron chi connectivity index (χ1n) is 3.82. The summed E-state index contributed by atoms with van der Waals surface area (Å²) < 4.78 is 5.14. The van der Waals surface area contributed by atoms with Gasteiger partial charge < -0.3 is 4.74 Å². The van der Waals surface area contributed by atoms with Gasteiger partial charge in [-0.3, -0.25) is 0 Å². The summed E-state index contributed by atoms with van der Waals surface area (Å²) in [5.74, 6) is 0. The number of methoxy groups -OCH3 is 1. The van der Waals surface area contributed by atoms with Crippen molar-refractivity contribution in [3.8, 4) is 0 Å². The molecule has 0 fully saturated rings. The first-order valence-corrected chi connectivity index (χ1v) is 4.73. The first kappa shape index (κ1) is 9.75. The molecule has 0 saturated heterocycles. The van der Waals surface area contributed by atoms with E-state index in [0.717, 1.165) is 6.10 Å². The smallest absolute Gasteiger partial charge is 0.111 e. The summed E-state index contributed by atoms with van der Waals surface area (Å²) in [5, 5.41) is 0. The van der Waals surface area contributed by atoms with E-state index in [1.165, 1.54) is 5.56 Å². The van der Waals surface area contributed by atoms with Gasteiger partial charge in [0.1, 0.15) is 6.10 Å². The van der Waals surface area contributed by atoms with Gasteiger partial charge in [-0.2, -0.15) is 0 Å². The van der Waals surface area contributed by atoms with Crippen LogP contribution in [0.25, 0.3) is 0 Å². The summed E-state index contributed by atoms with van der Waals surface area (Å²) in [7, 11) is 1.69. The molecule has 0 amide bonds. The largest absolute Gasteiger partial charge is 0.374 e. The van der Waals surface area contributed by atoms with E-state index in [-0.39, 0.29) is 4.83 Å². The van der Waals surface area contributed by atoms with Gasteiger partial charge in [-0.05, 0) is 12.5 Å². The van der Waals surface area contributed by atoms with Gasteiger partial charge in [0, 0.05) is 7.11 Å². The van der Waals surface area contributed by atoms with E-state index >= 15 is 0 Å². The molecule has 0 bridgehead atoms. The van der Waals surface area contributed by atoms with Crippen molar-refractivity contribution in [1.82, 2.24) is 0 Å². The molecule has 0 heterocycles. The van der Waals surface area contributed by atoms with Crippen LogP contribution in [0, 0.1) is 6.10 Å². The summed E-state index contributed by atoms with van der Waals surface area (Å²) in [5.41, 5.74) is 1.22. The van der Waals surface area contributed by atoms with Crippen LogP contribution >= 0.6 is 15.9 Å². The van der Waals surface area contributed by atoms with Crippen molar-refractivity contribution >= 4 is 15.9 Å². The standard InChI is InChI=1S/C10H12BrO/c1-8(12-2)10(11)9-6-4-3-5-7-9/h3-7,10H,1-2H3. The Balaban J connectivity index is 2.71.